The quantitative estimate of drug-likeness (QED) is 0.760. The lowest BCUT2D eigenvalue weighted by Gasteiger charge is -2.36. The molecular weight excluding hydrogens is 186 g/mol. The minimum Gasteiger partial charge on any atom is -0.359 e. The third kappa shape index (κ3) is 4.23. The summed E-state index contributed by atoms with van der Waals surface area (Å²) in [4.78, 5) is 11.1. The van der Waals surface area contributed by atoms with Crippen LogP contribution in [0.3, 0.4) is 0 Å². The summed E-state index contributed by atoms with van der Waals surface area (Å²) in [6.07, 6.45) is 8.40. The van der Waals surface area contributed by atoms with Crippen molar-refractivity contribution in [2.24, 2.45) is 11.3 Å². The van der Waals surface area contributed by atoms with Gasteiger partial charge in [-0.2, -0.15) is 0 Å². The van der Waals surface area contributed by atoms with Crippen molar-refractivity contribution in [3.05, 3.63) is 0 Å². The van der Waals surface area contributed by atoms with Crippen LogP contribution in [0.5, 0.6) is 0 Å². The molecule has 0 aromatic carbocycles. The van der Waals surface area contributed by atoms with E-state index in [1.54, 1.807) is 7.05 Å². The molecule has 1 aliphatic rings. The Balaban J connectivity index is 2.22. The molecule has 2 nitrogen and oxygen atoms in total. The second kappa shape index (κ2) is 5.53. The van der Waals surface area contributed by atoms with Crippen molar-refractivity contribution in [2.45, 2.75) is 58.8 Å². The second-order valence-electron chi connectivity index (χ2n) is 5.52. The van der Waals surface area contributed by atoms with Gasteiger partial charge in [-0.25, -0.2) is 0 Å². The van der Waals surface area contributed by atoms with E-state index in [1.165, 1.54) is 32.1 Å². The van der Waals surface area contributed by atoms with Crippen LogP contribution < -0.4 is 5.32 Å². The average Bonchev–Trinajstić information content (AvgIpc) is 2.23. The van der Waals surface area contributed by atoms with Gasteiger partial charge in [0.25, 0.3) is 0 Å². The summed E-state index contributed by atoms with van der Waals surface area (Å²) in [5.74, 6) is 1.10. The molecule has 0 saturated heterocycles. The Morgan fingerprint density at radius 2 is 2.00 bits per heavy atom. The Hall–Kier alpha value is -0.530. The van der Waals surface area contributed by atoms with Crippen molar-refractivity contribution in [3.8, 4) is 0 Å². The van der Waals surface area contributed by atoms with Crippen LogP contribution >= 0.6 is 0 Å². The average molecular weight is 211 g/mol. The molecule has 1 saturated carbocycles. The van der Waals surface area contributed by atoms with E-state index in [1.807, 2.05) is 0 Å². The van der Waals surface area contributed by atoms with E-state index in [2.05, 4.69) is 19.2 Å². The van der Waals surface area contributed by atoms with Crippen LogP contribution in [0.15, 0.2) is 0 Å². The molecule has 1 N–H and O–H groups in total. The van der Waals surface area contributed by atoms with E-state index in [0.717, 1.165) is 12.3 Å². The SMILES string of the molecule is CNC(=O)CCCC1(C)CCC(C)CC1. The number of hydrogen-bond acceptors (Lipinski definition) is 1. The number of rotatable bonds is 4. The van der Waals surface area contributed by atoms with Crippen LogP contribution in [-0.2, 0) is 4.79 Å². The van der Waals surface area contributed by atoms with Crippen molar-refractivity contribution < 1.29 is 4.79 Å². The monoisotopic (exact) mass is 211 g/mol. The number of carbonyl (C=O) groups excluding carboxylic acids is 1. The van der Waals surface area contributed by atoms with Crippen LogP contribution in [-0.4, -0.2) is 13.0 Å². The maximum atomic E-state index is 11.1. The number of carbonyl (C=O) groups is 1. The van der Waals surface area contributed by atoms with E-state index in [0.29, 0.717) is 11.8 Å². The van der Waals surface area contributed by atoms with Crippen molar-refractivity contribution in [3.63, 3.8) is 0 Å². The second-order valence-corrected chi connectivity index (χ2v) is 5.52. The normalized spacial score (nSPS) is 31.3. The molecule has 1 fully saturated rings. The van der Waals surface area contributed by atoms with Crippen molar-refractivity contribution >= 4 is 5.91 Å². The lowest BCUT2D eigenvalue weighted by Crippen LogP contribution is -2.24. The van der Waals surface area contributed by atoms with Gasteiger partial charge in [-0.3, -0.25) is 4.79 Å². The lowest BCUT2D eigenvalue weighted by atomic mass is 9.70. The standard InChI is InChI=1S/C13H25NO/c1-11-6-9-13(2,10-7-11)8-4-5-12(15)14-3/h11H,4-10H2,1-3H3,(H,14,15). The van der Waals surface area contributed by atoms with Gasteiger partial charge in [-0.1, -0.05) is 26.7 Å². The fourth-order valence-electron chi connectivity index (χ4n) is 2.51. The molecule has 0 aromatic heterocycles. The molecule has 1 amide bonds. The predicted molar refractivity (Wildman–Crippen MR) is 63.7 cm³/mol. The molecule has 1 aliphatic carbocycles. The zero-order chi connectivity index (χ0) is 11.3. The minimum absolute atomic E-state index is 0.183. The fourth-order valence-corrected chi connectivity index (χ4v) is 2.51. The third-order valence-electron chi connectivity index (χ3n) is 3.94. The maximum absolute atomic E-state index is 11.1. The minimum atomic E-state index is 0.183. The van der Waals surface area contributed by atoms with Crippen LogP contribution in [0.1, 0.15) is 58.8 Å². The molecule has 0 aliphatic heterocycles. The van der Waals surface area contributed by atoms with Gasteiger partial charge >= 0.3 is 0 Å². The van der Waals surface area contributed by atoms with E-state index in [-0.39, 0.29) is 5.91 Å². The first-order valence-corrected chi connectivity index (χ1v) is 6.26. The van der Waals surface area contributed by atoms with E-state index < -0.39 is 0 Å². The maximum Gasteiger partial charge on any atom is 0.219 e. The van der Waals surface area contributed by atoms with Gasteiger partial charge in [0.2, 0.25) is 5.91 Å². The first-order valence-electron chi connectivity index (χ1n) is 6.26. The first kappa shape index (κ1) is 12.5. The Bertz CT molecular complexity index is 205. The fraction of sp³-hybridized carbons (Fsp3) is 0.923. The first-order chi connectivity index (χ1) is 7.06. The lowest BCUT2D eigenvalue weighted by molar-refractivity contribution is -0.120. The summed E-state index contributed by atoms with van der Waals surface area (Å²) in [6.45, 7) is 4.74. The van der Waals surface area contributed by atoms with Gasteiger partial charge in [-0.15, -0.1) is 0 Å². The highest BCUT2D eigenvalue weighted by molar-refractivity contribution is 5.75. The largest absolute Gasteiger partial charge is 0.359 e. The van der Waals surface area contributed by atoms with E-state index in [4.69, 9.17) is 0 Å². The smallest absolute Gasteiger partial charge is 0.219 e. The number of hydrogen-bond donors (Lipinski definition) is 1. The van der Waals surface area contributed by atoms with Gasteiger partial charge < -0.3 is 5.32 Å². The molecule has 0 spiro atoms. The van der Waals surface area contributed by atoms with Crippen LogP contribution in [0.4, 0.5) is 0 Å². The van der Waals surface area contributed by atoms with Gasteiger partial charge in [0, 0.05) is 13.5 Å². The van der Waals surface area contributed by atoms with Crippen molar-refractivity contribution in [1.29, 1.82) is 0 Å². The predicted octanol–water partition coefficient (Wildman–Crippen LogP) is 3.12. The summed E-state index contributed by atoms with van der Waals surface area (Å²) >= 11 is 0. The number of nitrogens with one attached hydrogen (secondary N) is 1. The molecule has 0 aromatic rings. The highest BCUT2D eigenvalue weighted by Gasteiger charge is 2.28. The summed E-state index contributed by atoms with van der Waals surface area (Å²) in [7, 11) is 1.71. The van der Waals surface area contributed by atoms with Crippen LogP contribution in [0.2, 0.25) is 0 Å². The van der Waals surface area contributed by atoms with E-state index in [9.17, 15) is 4.79 Å². The van der Waals surface area contributed by atoms with Gasteiger partial charge in [0.05, 0.1) is 0 Å². The molecule has 0 atom stereocenters. The molecule has 1 rings (SSSR count). The summed E-state index contributed by atoms with van der Waals surface area (Å²) in [5, 5.41) is 2.68. The zero-order valence-electron chi connectivity index (χ0n) is 10.4. The van der Waals surface area contributed by atoms with Crippen LogP contribution in [0, 0.1) is 11.3 Å². The Morgan fingerprint density at radius 3 is 2.53 bits per heavy atom. The van der Waals surface area contributed by atoms with Crippen molar-refractivity contribution in [2.75, 3.05) is 7.05 Å². The van der Waals surface area contributed by atoms with Gasteiger partial charge in [-0.05, 0) is 37.0 Å². The van der Waals surface area contributed by atoms with E-state index >= 15 is 0 Å². The molecular formula is C13H25NO. The summed E-state index contributed by atoms with van der Waals surface area (Å²) < 4.78 is 0. The van der Waals surface area contributed by atoms with Gasteiger partial charge in [0.1, 0.15) is 0 Å². The molecule has 2 heteroatoms. The van der Waals surface area contributed by atoms with Crippen molar-refractivity contribution in [1.82, 2.24) is 5.32 Å². The topological polar surface area (TPSA) is 29.1 Å². The zero-order valence-corrected chi connectivity index (χ0v) is 10.4. The highest BCUT2D eigenvalue weighted by Crippen LogP contribution is 2.41. The summed E-state index contributed by atoms with van der Waals surface area (Å²) in [6, 6.07) is 0. The molecule has 15 heavy (non-hydrogen) atoms. The Kier molecular flexibility index (Phi) is 4.62. The Morgan fingerprint density at radius 1 is 1.40 bits per heavy atom. The third-order valence-corrected chi connectivity index (χ3v) is 3.94. The molecule has 0 bridgehead atoms. The summed E-state index contributed by atoms with van der Waals surface area (Å²) in [5.41, 5.74) is 0.514. The number of amides is 1. The molecule has 88 valence electrons. The molecule has 0 radical (unpaired) electrons. The van der Waals surface area contributed by atoms with Crippen LogP contribution in [0.25, 0.3) is 0 Å². The Labute approximate surface area is 93.8 Å². The molecule has 0 heterocycles. The molecule has 0 unspecified atom stereocenters. The highest BCUT2D eigenvalue weighted by atomic mass is 16.1. The van der Waals surface area contributed by atoms with Gasteiger partial charge in [0.15, 0.2) is 0 Å².